The van der Waals surface area contributed by atoms with Gasteiger partial charge in [0.2, 0.25) is 0 Å². The van der Waals surface area contributed by atoms with Gasteiger partial charge in [0.1, 0.15) is 0 Å². The first-order chi connectivity index (χ1) is 11.1. The molecule has 0 amide bonds. The first-order valence-corrected chi connectivity index (χ1v) is 8.61. The van der Waals surface area contributed by atoms with Gasteiger partial charge in [0.05, 0.1) is 0 Å². The van der Waals surface area contributed by atoms with Gasteiger partial charge in [0, 0.05) is 18.5 Å². The van der Waals surface area contributed by atoms with Crippen molar-refractivity contribution in [3.8, 4) is 0 Å². The van der Waals surface area contributed by atoms with Crippen LogP contribution in [0.2, 0.25) is 0 Å². The van der Waals surface area contributed by atoms with Crippen LogP contribution in [0.15, 0.2) is 30.3 Å². The molecule has 1 fully saturated rings. The molecule has 1 heterocycles. The van der Waals surface area contributed by atoms with Crippen LogP contribution in [0.4, 0.5) is 0 Å². The van der Waals surface area contributed by atoms with Crippen LogP contribution < -0.4 is 10.9 Å². The normalized spacial score (nSPS) is 20.1. The number of hydrazine groups is 1. The van der Waals surface area contributed by atoms with E-state index in [1.807, 2.05) is 0 Å². The molecule has 0 aliphatic carbocycles. The van der Waals surface area contributed by atoms with Crippen molar-refractivity contribution in [3.63, 3.8) is 0 Å². The highest BCUT2D eigenvalue weighted by molar-refractivity contribution is 5.85. The number of aliphatic carboxylic acids is 1. The Bertz CT molecular complexity index is 473. The predicted octanol–water partition coefficient (Wildman–Crippen LogP) is 2.98. The lowest BCUT2D eigenvalue weighted by molar-refractivity contribution is -0.137. The van der Waals surface area contributed by atoms with Crippen molar-refractivity contribution in [1.29, 1.82) is 0 Å². The molecule has 0 aromatic heterocycles. The molecule has 2 rings (SSSR count). The van der Waals surface area contributed by atoms with Crippen molar-refractivity contribution < 1.29 is 9.90 Å². The summed E-state index contributed by atoms with van der Waals surface area (Å²) in [5, 5.41) is 8.62. The van der Waals surface area contributed by atoms with Crippen molar-refractivity contribution in [2.75, 3.05) is 20.1 Å². The molecule has 24 heavy (non-hydrogen) atoms. The molecule has 0 radical (unpaired) electrons. The molecule has 0 spiro atoms. The predicted molar refractivity (Wildman–Crippen MR) is 99.3 cm³/mol. The summed E-state index contributed by atoms with van der Waals surface area (Å²) in [6.45, 7) is 2.05. The van der Waals surface area contributed by atoms with Crippen LogP contribution >= 0.6 is 12.4 Å². The van der Waals surface area contributed by atoms with Gasteiger partial charge in [0.15, 0.2) is 0 Å². The lowest BCUT2D eigenvalue weighted by Gasteiger charge is -2.17. The highest BCUT2D eigenvalue weighted by Gasteiger charge is 2.24. The van der Waals surface area contributed by atoms with Gasteiger partial charge in [0.25, 0.3) is 0 Å². The van der Waals surface area contributed by atoms with Gasteiger partial charge in [-0.25, -0.2) is 0 Å². The van der Waals surface area contributed by atoms with E-state index in [9.17, 15) is 4.79 Å². The fraction of sp³-hybridized carbons (Fsp3) is 0.611. The summed E-state index contributed by atoms with van der Waals surface area (Å²) in [6.07, 6.45) is 5.47. The van der Waals surface area contributed by atoms with Crippen LogP contribution in [0.1, 0.15) is 50.1 Å². The number of halogens is 1. The number of carbonyl (C=O) groups is 1. The molecule has 1 saturated heterocycles. The molecule has 1 aliphatic rings. The third-order valence-corrected chi connectivity index (χ3v) is 4.46. The summed E-state index contributed by atoms with van der Waals surface area (Å²) < 4.78 is 0. The van der Waals surface area contributed by atoms with Crippen LogP contribution in [0, 0.1) is 0 Å². The Morgan fingerprint density at radius 3 is 2.58 bits per heavy atom. The number of hydrogen-bond acceptors (Lipinski definition) is 4. The minimum Gasteiger partial charge on any atom is -0.481 e. The van der Waals surface area contributed by atoms with Crippen LogP contribution in [-0.4, -0.2) is 42.2 Å². The second kappa shape index (κ2) is 11.4. The third-order valence-electron chi connectivity index (χ3n) is 4.46. The molecule has 2 unspecified atom stereocenters. The van der Waals surface area contributed by atoms with E-state index in [1.54, 1.807) is 0 Å². The average Bonchev–Trinajstić information content (AvgIpc) is 3.01. The molecule has 2 atom stereocenters. The van der Waals surface area contributed by atoms with Crippen molar-refractivity contribution in [2.24, 2.45) is 0 Å². The Balaban J connectivity index is 0.00000288. The lowest BCUT2D eigenvalue weighted by Crippen LogP contribution is -2.31. The Labute approximate surface area is 151 Å². The maximum absolute atomic E-state index is 10.5. The highest BCUT2D eigenvalue weighted by atomic mass is 35.5. The van der Waals surface area contributed by atoms with E-state index in [2.05, 4.69) is 53.1 Å². The zero-order chi connectivity index (χ0) is 16.5. The highest BCUT2D eigenvalue weighted by Crippen LogP contribution is 2.23. The van der Waals surface area contributed by atoms with Gasteiger partial charge in [-0.15, -0.1) is 12.4 Å². The van der Waals surface area contributed by atoms with E-state index in [4.69, 9.17) is 5.11 Å². The Hall–Kier alpha value is -1.14. The third kappa shape index (κ3) is 7.62. The average molecular weight is 356 g/mol. The fourth-order valence-electron chi connectivity index (χ4n) is 3.09. The molecule has 0 bridgehead atoms. The van der Waals surface area contributed by atoms with E-state index in [-0.39, 0.29) is 18.8 Å². The summed E-state index contributed by atoms with van der Waals surface area (Å²) in [5.41, 5.74) is 8.15. The molecule has 0 saturated carbocycles. The van der Waals surface area contributed by atoms with Crippen molar-refractivity contribution in [2.45, 2.75) is 50.6 Å². The molecule has 3 N–H and O–H groups in total. The Morgan fingerprint density at radius 1 is 1.17 bits per heavy atom. The largest absolute Gasteiger partial charge is 0.481 e. The maximum Gasteiger partial charge on any atom is 0.303 e. The van der Waals surface area contributed by atoms with Gasteiger partial charge in [-0.3, -0.25) is 15.6 Å². The summed E-state index contributed by atoms with van der Waals surface area (Å²) in [5.74, 6) is -0.694. The lowest BCUT2D eigenvalue weighted by atomic mass is 10.00. The Kier molecular flexibility index (Phi) is 9.95. The minimum atomic E-state index is -0.694. The van der Waals surface area contributed by atoms with Crippen molar-refractivity contribution >= 4 is 18.4 Å². The fourth-order valence-corrected chi connectivity index (χ4v) is 3.09. The first-order valence-electron chi connectivity index (χ1n) is 8.61. The standard InChI is InChI=1S/C18H29N3O2.ClH/c1-21(12-6-5-11-18(22)23)13-7-10-16-14-17(20-19-16)15-8-3-2-4-9-15;/h2-4,8-9,16-17,19-20H,5-7,10-14H2,1H3,(H,22,23);1H. The second-order valence-corrected chi connectivity index (χ2v) is 6.48. The van der Waals surface area contributed by atoms with Crippen LogP contribution in [0.5, 0.6) is 0 Å². The number of carboxylic acids is 1. The van der Waals surface area contributed by atoms with E-state index < -0.39 is 5.97 Å². The van der Waals surface area contributed by atoms with E-state index in [0.717, 1.165) is 45.2 Å². The second-order valence-electron chi connectivity index (χ2n) is 6.48. The number of carboxylic acid groups (broad SMARTS) is 1. The summed E-state index contributed by atoms with van der Waals surface area (Å²) >= 11 is 0. The Morgan fingerprint density at radius 2 is 1.88 bits per heavy atom. The number of benzene rings is 1. The monoisotopic (exact) mass is 355 g/mol. The number of unbranched alkanes of at least 4 members (excludes halogenated alkanes) is 1. The molecule has 1 aliphatic heterocycles. The summed E-state index contributed by atoms with van der Waals surface area (Å²) in [6, 6.07) is 11.5. The van der Waals surface area contributed by atoms with Crippen LogP contribution in [0.25, 0.3) is 0 Å². The number of hydrogen-bond donors (Lipinski definition) is 3. The molecular weight excluding hydrogens is 326 g/mol. The van der Waals surface area contributed by atoms with Gasteiger partial charge >= 0.3 is 5.97 Å². The van der Waals surface area contributed by atoms with Crippen LogP contribution in [-0.2, 0) is 4.79 Å². The zero-order valence-corrected chi connectivity index (χ0v) is 15.2. The smallest absolute Gasteiger partial charge is 0.303 e. The maximum atomic E-state index is 10.5. The molecule has 1 aromatic carbocycles. The quantitative estimate of drug-likeness (QED) is 0.563. The van der Waals surface area contributed by atoms with E-state index >= 15 is 0 Å². The van der Waals surface area contributed by atoms with Crippen molar-refractivity contribution in [1.82, 2.24) is 15.8 Å². The zero-order valence-electron chi connectivity index (χ0n) is 14.4. The van der Waals surface area contributed by atoms with E-state index in [0.29, 0.717) is 12.1 Å². The topological polar surface area (TPSA) is 64.6 Å². The van der Waals surface area contributed by atoms with Gasteiger partial charge < -0.3 is 10.0 Å². The molecule has 6 heteroatoms. The summed E-state index contributed by atoms with van der Waals surface area (Å²) in [7, 11) is 2.12. The van der Waals surface area contributed by atoms with Gasteiger partial charge in [-0.05, 0) is 57.8 Å². The number of nitrogens with one attached hydrogen (secondary N) is 2. The first kappa shape index (κ1) is 20.9. The molecule has 1 aromatic rings. The van der Waals surface area contributed by atoms with Crippen LogP contribution in [0.3, 0.4) is 0 Å². The van der Waals surface area contributed by atoms with E-state index in [1.165, 1.54) is 5.56 Å². The minimum absolute atomic E-state index is 0. The molecular formula is C18H30ClN3O2. The van der Waals surface area contributed by atoms with Gasteiger partial charge in [-0.1, -0.05) is 30.3 Å². The number of rotatable bonds is 10. The molecule has 5 nitrogen and oxygen atoms in total. The SMILES string of the molecule is CN(CCCCC(=O)O)CCCC1CC(c2ccccc2)NN1.Cl. The summed E-state index contributed by atoms with van der Waals surface area (Å²) in [4.78, 5) is 12.8. The molecule has 136 valence electrons. The van der Waals surface area contributed by atoms with Crippen molar-refractivity contribution in [3.05, 3.63) is 35.9 Å². The number of nitrogens with zero attached hydrogens (tertiary/aromatic N) is 1. The van der Waals surface area contributed by atoms with Gasteiger partial charge in [-0.2, -0.15) is 0 Å².